The molecule has 1 aromatic carbocycles. The molecule has 1 unspecified atom stereocenters. The summed E-state index contributed by atoms with van der Waals surface area (Å²) in [4.78, 5) is 13.7. The maximum absolute atomic E-state index is 12.5. The zero-order chi connectivity index (χ0) is 16.1. The Morgan fingerprint density at radius 1 is 1.43 bits per heavy atom. The van der Waals surface area contributed by atoms with Gasteiger partial charge in [0.2, 0.25) is 5.91 Å². The van der Waals surface area contributed by atoms with Crippen molar-refractivity contribution < 1.29 is 4.79 Å². The fourth-order valence-electron chi connectivity index (χ4n) is 3.05. The van der Waals surface area contributed by atoms with E-state index in [9.17, 15) is 4.79 Å². The second-order valence-corrected chi connectivity index (χ2v) is 7.85. The molecule has 0 spiro atoms. The summed E-state index contributed by atoms with van der Waals surface area (Å²) in [6.45, 7) is 7.12. The number of amides is 1. The molecule has 3 nitrogen and oxygen atoms in total. The van der Waals surface area contributed by atoms with E-state index in [1.54, 1.807) is 0 Å². The van der Waals surface area contributed by atoms with Crippen LogP contribution in [0.15, 0.2) is 23.1 Å². The molecule has 0 bridgehead atoms. The number of carbonyl (C=O) groups excluding carboxylic acids is 1. The van der Waals surface area contributed by atoms with Gasteiger partial charge in [-0.15, -0.1) is 24.2 Å². The van der Waals surface area contributed by atoms with Gasteiger partial charge in [0, 0.05) is 21.8 Å². The third-order valence-corrected chi connectivity index (χ3v) is 5.93. The van der Waals surface area contributed by atoms with E-state index in [0.717, 1.165) is 36.9 Å². The Bertz CT molecular complexity index is 524. The molecule has 0 aliphatic heterocycles. The molecule has 130 valence electrons. The molecule has 0 aromatic heterocycles. The average Bonchev–Trinajstić information content (AvgIpc) is 2.98. The lowest BCUT2D eigenvalue weighted by molar-refractivity contribution is -0.120. The van der Waals surface area contributed by atoms with Crippen molar-refractivity contribution in [3.05, 3.63) is 23.8 Å². The molecule has 23 heavy (non-hydrogen) atoms. The highest BCUT2D eigenvalue weighted by molar-refractivity contribution is 7.99. The van der Waals surface area contributed by atoms with Crippen molar-refractivity contribution in [3.8, 4) is 0 Å². The molecule has 1 fully saturated rings. The standard InChI is InChI=1S/C18H28N2OS.ClH/c1-4-13(3)22-15-8-9-17(12(2)10-15)20-18(21)16-7-5-6-14(16)11-19;/h8-10,13-14,16H,4-7,11,19H2,1-3H3,(H,20,21);1H/t13?,14-,16-;/m1./s1. The smallest absolute Gasteiger partial charge is 0.227 e. The van der Waals surface area contributed by atoms with Crippen LogP contribution in [0, 0.1) is 18.8 Å². The van der Waals surface area contributed by atoms with Crippen molar-refractivity contribution in [2.45, 2.75) is 56.6 Å². The number of carbonyl (C=O) groups is 1. The number of nitrogens with two attached hydrogens (primary N) is 1. The Balaban J connectivity index is 0.00000264. The molecule has 3 N–H and O–H groups in total. The van der Waals surface area contributed by atoms with E-state index >= 15 is 0 Å². The van der Waals surface area contributed by atoms with E-state index in [1.165, 1.54) is 4.90 Å². The van der Waals surface area contributed by atoms with Gasteiger partial charge < -0.3 is 11.1 Å². The fourth-order valence-corrected chi connectivity index (χ4v) is 4.08. The number of nitrogens with one attached hydrogen (secondary N) is 1. The summed E-state index contributed by atoms with van der Waals surface area (Å²) in [6, 6.07) is 6.31. The first-order valence-electron chi connectivity index (χ1n) is 8.33. The number of benzene rings is 1. The van der Waals surface area contributed by atoms with Gasteiger partial charge in [0.15, 0.2) is 0 Å². The van der Waals surface area contributed by atoms with Crippen LogP contribution < -0.4 is 11.1 Å². The molecule has 0 saturated heterocycles. The first-order chi connectivity index (χ1) is 10.5. The highest BCUT2D eigenvalue weighted by atomic mass is 35.5. The van der Waals surface area contributed by atoms with Gasteiger partial charge in [0.05, 0.1) is 0 Å². The third kappa shape index (κ3) is 5.40. The summed E-state index contributed by atoms with van der Waals surface area (Å²) in [5.74, 6) is 0.567. The van der Waals surface area contributed by atoms with Crippen molar-refractivity contribution in [2.75, 3.05) is 11.9 Å². The maximum atomic E-state index is 12.5. The van der Waals surface area contributed by atoms with Crippen LogP contribution in [-0.2, 0) is 4.79 Å². The minimum atomic E-state index is 0. The number of hydrogen-bond acceptors (Lipinski definition) is 3. The average molecular weight is 357 g/mol. The van der Waals surface area contributed by atoms with Crippen molar-refractivity contribution in [1.82, 2.24) is 0 Å². The molecule has 0 heterocycles. The summed E-state index contributed by atoms with van der Waals surface area (Å²) in [7, 11) is 0. The van der Waals surface area contributed by atoms with Crippen molar-refractivity contribution in [3.63, 3.8) is 0 Å². The minimum absolute atomic E-state index is 0. The molecular weight excluding hydrogens is 328 g/mol. The lowest BCUT2D eigenvalue weighted by Gasteiger charge is -2.18. The van der Waals surface area contributed by atoms with Gasteiger partial charge in [0.1, 0.15) is 0 Å². The van der Waals surface area contributed by atoms with E-state index < -0.39 is 0 Å². The van der Waals surface area contributed by atoms with Crippen LogP contribution in [0.3, 0.4) is 0 Å². The zero-order valence-corrected chi connectivity index (χ0v) is 15.9. The molecule has 3 atom stereocenters. The Hall–Kier alpha value is -0.710. The lowest BCUT2D eigenvalue weighted by atomic mass is 9.95. The number of halogens is 1. The van der Waals surface area contributed by atoms with Gasteiger partial charge in [-0.25, -0.2) is 0 Å². The van der Waals surface area contributed by atoms with Crippen LogP contribution in [0.2, 0.25) is 0 Å². The molecule has 2 rings (SSSR count). The number of anilines is 1. The largest absolute Gasteiger partial charge is 0.330 e. The molecule has 1 aromatic rings. The van der Waals surface area contributed by atoms with E-state index in [2.05, 4.69) is 38.2 Å². The highest BCUT2D eigenvalue weighted by Gasteiger charge is 2.32. The summed E-state index contributed by atoms with van der Waals surface area (Å²) < 4.78 is 0. The van der Waals surface area contributed by atoms with Crippen LogP contribution in [0.5, 0.6) is 0 Å². The number of thioether (sulfide) groups is 1. The fraction of sp³-hybridized carbons (Fsp3) is 0.611. The Morgan fingerprint density at radius 2 is 2.17 bits per heavy atom. The van der Waals surface area contributed by atoms with Crippen molar-refractivity contribution in [2.24, 2.45) is 17.6 Å². The molecule has 1 saturated carbocycles. The van der Waals surface area contributed by atoms with E-state index in [-0.39, 0.29) is 24.2 Å². The van der Waals surface area contributed by atoms with Gasteiger partial charge in [-0.05, 0) is 62.4 Å². The SMILES string of the molecule is CCC(C)Sc1ccc(NC(=O)[C@@H]2CCC[C@@H]2CN)c(C)c1.Cl. The van der Waals surface area contributed by atoms with Gasteiger partial charge in [-0.2, -0.15) is 0 Å². The molecular formula is C18H29ClN2OS. The molecule has 1 amide bonds. The Kier molecular flexibility index (Phi) is 8.45. The van der Waals surface area contributed by atoms with Crippen molar-refractivity contribution in [1.29, 1.82) is 0 Å². The predicted molar refractivity (Wildman–Crippen MR) is 103 cm³/mol. The first kappa shape index (κ1) is 20.3. The third-order valence-electron chi connectivity index (χ3n) is 4.67. The quantitative estimate of drug-likeness (QED) is 0.731. The highest BCUT2D eigenvalue weighted by Crippen LogP contribution is 2.33. The number of rotatable bonds is 6. The second-order valence-electron chi connectivity index (χ2n) is 6.34. The number of aryl methyl sites for hydroxylation is 1. The first-order valence-corrected chi connectivity index (χ1v) is 9.21. The summed E-state index contributed by atoms with van der Waals surface area (Å²) in [5.41, 5.74) is 7.84. The van der Waals surface area contributed by atoms with Crippen LogP contribution in [0.25, 0.3) is 0 Å². The Morgan fingerprint density at radius 3 is 2.78 bits per heavy atom. The Labute approximate surface area is 150 Å². The molecule has 5 heteroatoms. The molecule has 1 aliphatic carbocycles. The van der Waals surface area contributed by atoms with Crippen molar-refractivity contribution >= 4 is 35.8 Å². The van der Waals surface area contributed by atoms with E-state index in [0.29, 0.717) is 17.7 Å². The summed E-state index contributed by atoms with van der Waals surface area (Å²) in [5, 5.41) is 3.72. The summed E-state index contributed by atoms with van der Waals surface area (Å²) >= 11 is 1.89. The van der Waals surface area contributed by atoms with E-state index in [4.69, 9.17) is 5.73 Å². The van der Waals surface area contributed by atoms with Gasteiger partial charge in [-0.1, -0.05) is 20.3 Å². The van der Waals surface area contributed by atoms with Gasteiger partial charge in [-0.3, -0.25) is 4.79 Å². The predicted octanol–water partition coefficient (Wildman–Crippen LogP) is 4.62. The minimum Gasteiger partial charge on any atom is -0.330 e. The van der Waals surface area contributed by atoms with Gasteiger partial charge >= 0.3 is 0 Å². The lowest BCUT2D eigenvalue weighted by Crippen LogP contribution is -2.29. The zero-order valence-electron chi connectivity index (χ0n) is 14.3. The summed E-state index contributed by atoms with van der Waals surface area (Å²) in [6.07, 6.45) is 4.32. The van der Waals surface area contributed by atoms with E-state index in [1.807, 2.05) is 17.8 Å². The van der Waals surface area contributed by atoms with Crippen LogP contribution in [0.1, 0.15) is 45.1 Å². The van der Waals surface area contributed by atoms with Crippen LogP contribution in [0.4, 0.5) is 5.69 Å². The normalized spacial score (nSPS) is 21.6. The second kappa shape index (κ2) is 9.55. The van der Waals surface area contributed by atoms with Crippen LogP contribution >= 0.6 is 24.2 Å². The number of hydrogen-bond donors (Lipinski definition) is 2. The van der Waals surface area contributed by atoms with Crippen LogP contribution in [-0.4, -0.2) is 17.7 Å². The maximum Gasteiger partial charge on any atom is 0.227 e. The monoisotopic (exact) mass is 356 g/mol. The topological polar surface area (TPSA) is 55.1 Å². The molecule has 0 radical (unpaired) electrons. The van der Waals surface area contributed by atoms with Gasteiger partial charge in [0.25, 0.3) is 0 Å². The molecule has 1 aliphatic rings.